The Bertz CT molecular complexity index is 659. The average molecular weight is 216 g/mol. The lowest BCUT2D eigenvalue weighted by Gasteiger charge is -1.97. The number of hydrogen-bond donors (Lipinski definition) is 0. The minimum Gasteiger partial charge on any atom is -0.242 e. The van der Waals surface area contributed by atoms with Crippen LogP contribution in [0.1, 0.15) is 11.3 Å². The van der Waals surface area contributed by atoms with E-state index in [0.29, 0.717) is 0 Å². The van der Waals surface area contributed by atoms with E-state index < -0.39 is 0 Å². The Morgan fingerprint density at radius 1 is 1.27 bits per heavy atom. The van der Waals surface area contributed by atoms with Crippen molar-refractivity contribution in [3.8, 4) is 0 Å². The Kier molecular flexibility index (Phi) is 1.70. The number of pyridine rings is 1. The monoisotopic (exact) mass is 216 g/mol. The van der Waals surface area contributed by atoms with Crippen LogP contribution in [-0.2, 0) is 0 Å². The highest BCUT2D eigenvalue weighted by molar-refractivity contribution is 7.25. The van der Waals surface area contributed by atoms with Gasteiger partial charge in [-0.25, -0.2) is 4.98 Å². The van der Waals surface area contributed by atoms with Gasteiger partial charge in [-0.2, -0.15) is 0 Å². The summed E-state index contributed by atoms with van der Waals surface area (Å²) in [6.45, 7) is 4.08. The van der Waals surface area contributed by atoms with Gasteiger partial charge in [0, 0.05) is 11.1 Å². The van der Waals surface area contributed by atoms with Gasteiger partial charge in [-0.15, -0.1) is 21.5 Å². The van der Waals surface area contributed by atoms with Gasteiger partial charge in [0.15, 0.2) is 0 Å². The Hall–Kier alpha value is -1.62. The van der Waals surface area contributed by atoms with Crippen LogP contribution in [0.15, 0.2) is 12.3 Å². The first kappa shape index (κ1) is 8.67. The zero-order valence-corrected chi connectivity index (χ0v) is 9.17. The predicted molar refractivity (Wildman–Crippen MR) is 60.0 cm³/mol. The molecule has 0 aliphatic carbocycles. The molecular formula is C10H8N4S. The topological polar surface area (TPSA) is 51.6 Å². The first-order valence-electron chi connectivity index (χ1n) is 4.60. The Morgan fingerprint density at radius 3 is 3.00 bits per heavy atom. The van der Waals surface area contributed by atoms with Gasteiger partial charge in [0.2, 0.25) is 0 Å². The fraction of sp³-hybridized carbons (Fsp3) is 0.200. The van der Waals surface area contributed by atoms with Crippen molar-refractivity contribution in [2.75, 3.05) is 0 Å². The van der Waals surface area contributed by atoms with Crippen molar-refractivity contribution in [2.45, 2.75) is 13.8 Å². The van der Waals surface area contributed by atoms with E-state index in [1.165, 1.54) is 5.56 Å². The van der Waals surface area contributed by atoms with Crippen LogP contribution in [0.2, 0.25) is 0 Å². The van der Waals surface area contributed by atoms with E-state index >= 15 is 0 Å². The highest BCUT2D eigenvalue weighted by atomic mass is 32.1. The van der Waals surface area contributed by atoms with Crippen LogP contribution in [0, 0.1) is 13.8 Å². The van der Waals surface area contributed by atoms with Gasteiger partial charge in [0.05, 0.1) is 10.9 Å². The van der Waals surface area contributed by atoms with Gasteiger partial charge >= 0.3 is 0 Å². The van der Waals surface area contributed by atoms with Gasteiger partial charge < -0.3 is 0 Å². The van der Waals surface area contributed by atoms with Gasteiger partial charge in [-0.3, -0.25) is 0 Å². The molecule has 0 unspecified atom stereocenters. The Balaban J connectivity index is 2.61. The summed E-state index contributed by atoms with van der Waals surface area (Å²) < 4.78 is 1.04. The molecule has 0 aromatic carbocycles. The van der Waals surface area contributed by atoms with Gasteiger partial charge in [-0.1, -0.05) is 0 Å². The van der Waals surface area contributed by atoms with Gasteiger partial charge in [-0.05, 0) is 30.7 Å². The third kappa shape index (κ3) is 1.20. The first-order chi connectivity index (χ1) is 7.25. The molecule has 0 saturated heterocycles. The molecule has 0 N–H and O–H groups in total. The fourth-order valence-corrected chi connectivity index (χ4v) is 2.87. The molecule has 5 heteroatoms. The number of aromatic nitrogens is 4. The minimum absolute atomic E-state index is 0.912. The lowest BCUT2D eigenvalue weighted by atomic mass is 10.2. The maximum Gasteiger partial charge on any atom is 0.126 e. The molecule has 0 aliphatic rings. The summed E-state index contributed by atoms with van der Waals surface area (Å²) in [6.07, 6.45) is 1.74. The molecule has 15 heavy (non-hydrogen) atoms. The summed E-state index contributed by atoms with van der Waals surface area (Å²) in [6, 6.07) is 2.07. The van der Waals surface area contributed by atoms with Crippen molar-refractivity contribution in [2.24, 2.45) is 0 Å². The highest BCUT2D eigenvalue weighted by Crippen LogP contribution is 2.32. The van der Waals surface area contributed by atoms with Crippen LogP contribution in [0.25, 0.3) is 20.4 Å². The molecule has 0 aliphatic heterocycles. The quantitative estimate of drug-likeness (QED) is 0.578. The Morgan fingerprint density at radius 2 is 2.13 bits per heavy atom. The van der Waals surface area contributed by atoms with E-state index in [0.717, 1.165) is 26.1 Å². The van der Waals surface area contributed by atoms with E-state index in [4.69, 9.17) is 0 Å². The number of rotatable bonds is 0. The summed E-state index contributed by atoms with van der Waals surface area (Å²) in [4.78, 5) is 5.52. The minimum atomic E-state index is 0.912. The predicted octanol–water partition coefficient (Wildman–Crippen LogP) is 2.25. The molecule has 0 radical (unpaired) electrons. The smallest absolute Gasteiger partial charge is 0.126 e. The molecule has 74 valence electrons. The maximum absolute atomic E-state index is 4.50. The molecule has 3 heterocycles. The molecule has 0 bridgehead atoms. The van der Waals surface area contributed by atoms with Crippen LogP contribution in [0.3, 0.4) is 0 Å². The number of hydrogen-bond acceptors (Lipinski definition) is 5. The maximum atomic E-state index is 4.50. The highest BCUT2D eigenvalue weighted by Gasteiger charge is 2.10. The van der Waals surface area contributed by atoms with Crippen molar-refractivity contribution in [1.82, 2.24) is 20.4 Å². The van der Waals surface area contributed by atoms with Crippen LogP contribution in [0.4, 0.5) is 0 Å². The molecule has 0 amide bonds. The number of nitrogens with zero attached hydrogens (tertiary/aromatic N) is 4. The standard InChI is InChI=1S/C10H8N4S/c1-5-3-6(2)12-10-8(5)9-7(15-10)4-11-14-13-9/h3-4H,1-2H3. The van der Waals surface area contributed by atoms with E-state index in [-0.39, 0.29) is 0 Å². The number of fused-ring (bicyclic) bond motifs is 3. The second-order valence-corrected chi connectivity index (χ2v) is 4.54. The molecule has 4 nitrogen and oxygen atoms in total. The van der Waals surface area contributed by atoms with Gasteiger partial charge in [0.25, 0.3) is 0 Å². The number of aryl methyl sites for hydroxylation is 2. The van der Waals surface area contributed by atoms with Crippen molar-refractivity contribution in [3.63, 3.8) is 0 Å². The van der Waals surface area contributed by atoms with Crippen LogP contribution in [0.5, 0.6) is 0 Å². The molecule has 0 saturated carbocycles. The fourth-order valence-electron chi connectivity index (χ4n) is 1.78. The molecule has 3 aromatic rings. The molecule has 0 atom stereocenters. The SMILES string of the molecule is Cc1cc(C)c2c(n1)sc1cnnnc12. The normalized spacial score (nSPS) is 11.3. The lowest BCUT2D eigenvalue weighted by Crippen LogP contribution is -1.86. The molecule has 3 rings (SSSR count). The van der Waals surface area contributed by atoms with Crippen molar-refractivity contribution in [1.29, 1.82) is 0 Å². The summed E-state index contributed by atoms with van der Waals surface area (Å²) >= 11 is 1.61. The molecular weight excluding hydrogens is 208 g/mol. The second-order valence-electron chi connectivity index (χ2n) is 3.51. The number of thiophene rings is 1. The van der Waals surface area contributed by atoms with E-state index in [9.17, 15) is 0 Å². The van der Waals surface area contributed by atoms with Gasteiger partial charge in [0.1, 0.15) is 10.3 Å². The third-order valence-electron chi connectivity index (χ3n) is 2.36. The van der Waals surface area contributed by atoms with Crippen LogP contribution in [-0.4, -0.2) is 20.4 Å². The molecule has 0 spiro atoms. The largest absolute Gasteiger partial charge is 0.242 e. The van der Waals surface area contributed by atoms with Crippen molar-refractivity contribution >= 4 is 31.8 Å². The van der Waals surface area contributed by atoms with Crippen LogP contribution >= 0.6 is 11.3 Å². The average Bonchev–Trinajstić information content (AvgIpc) is 2.54. The third-order valence-corrected chi connectivity index (χ3v) is 3.37. The van der Waals surface area contributed by atoms with Crippen molar-refractivity contribution < 1.29 is 0 Å². The van der Waals surface area contributed by atoms with E-state index in [1.807, 2.05) is 6.92 Å². The van der Waals surface area contributed by atoms with E-state index in [2.05, 4.69) is 33.4 Å². The van der Waals surface area contributed by atoms with Crippen molar-refractivity contribution in [3.05, 3.63) is 23.5 Å². The summed E-state index contributed by atoms with van der Waals surface area (Å²) in [5.41, 5.74) is 3.15. The summed E-state index contributed by atoms with van der Waals surface area (Å²) in [5.74, 6) is 0. The summed E-state index contributed by atoms with van der Waals surface area (Å²) in [7, 11) is 0. The zero-order chi connectivity index (χ0) is 10.4. The lowest BCUT2D eigenvalue weighted by molar-refractivity contribution is 0.899. The Labute approximate surface area is 90.0 Å². The summed E-state index contributed by atoms with van der Waals surface area (Å²) in [5, 5.41) is 12.6. The second kappa shape index (κ2) is 2.93. The first-order valence-corrected chi connectivity index (χ1v) is 5.42. The molecule has 0 fully saturated rings. The van der Waals surface area contributed by atoms with E-state index in [1.54, 1.807) is 17.5 Å². The van der Waals surface area contributed by atoms with Crippen LogP contribution < -0.4 is 0 Å². The zero-order valence-electron chi connectivity index (χ0n) is 8.35. The molecule has 3 aromatic heterocycles.